The maximum atomic E-state index is 9.07. The highest BCUT2D eigenvalue weighted by atomic mass is 79.9. The monoisotopic (exact) mass is 343 g/mol. The molecule has 0 radical (unpaired) electrons. The minimum atomic E-state index is -0.679. The molecule has 0 amide bonds. The van der Waals surface area contributed by atoms with Gasteiger partial charge >= 0.3 is 0 Å². The first-order valence-electron chi connectivity index (χ1n) is 4.07. The molecule has 1 atom stereocenters. The normalized spacial score (nSPS) is 13.1. The first-order valence-corrected chi connectivity index (χ1v) is 6.47. The van der Waals surface area contributed by atoms with Crippen LogP contribution in [0.25, 0.3) is 0 Å². The Balaban J connectivity index is 2.31. The third kappa shape index (κ3) is 3.96. The maximum Gasteiger partial charge on any atom is 0.0895 e. The number of thiophene rings is 1. The van der Waals surface area contributed by atoms with E-state index in [1.165, 1.54) is 4.88 Å². The van der Waals surface area contributed by atoms with Crippen LogP contribution in [0.5, 0.6) is 0 Å². The molecular formula is C8H11Br2NO2S. The highest BCUT2D eigenvalue weighted by molar-refractivity contribution is 9.13. The lowest BCUT2D eigenvalue weighted by Crippen LogP contribution is -2.28. The van der Waals surface area contributed by atoms with Crippen LogP contribution in [0.2, 0.25) is 0 Å². The van der Waals surface area contributed by atoms with Crippen LogP contribution in [0.15, 0.2) is 14.3 Å². The molecule has 0 fully saturated rings. The summed E-state index contributed by atoms with van der Waals surface area (Å²) >= 11 is 8.44. The van der Waals surface area contributed by atoms with Crippen molar-refractivity contribution in [1.29, 1.82) is 0 Å². The number of aliphatic hydroxyl groups excluding tert-OH is 2. The summed E-state index contributed by atoms with van der Waals surface area (Å²) in [5.74, 6) is 0. The number of hydrogen-bond donors (Lipinski definition) is 3. The number of aliphatic hydroxyl groups is 2. The van der Waals surface area contributed by atoms with Crippen LogP contribution < -0.4 is 5.32 Å². The number of rotatable bonds is 5. The summed E-state index contributed by atoms with van der Waals surface area (Å²) in [6, 6.07) is 2.02. The molecule has 0 bridgehead atoms. The van der Waals surface area contributed by atoms with Crippen LogP contribution in [0.4, 0.5) is 0 Å². The molecule has 3 nitrogen and oxygen atoms in total. The molecule has 1 aromatic heterocycles. The van der Waals surface area contributed by atoms with Gasteiger partial charge in [-0.2, -0.15) is 0 Å². The minimum absolute atomic E-state index is 0.204. The van der Waals surface area contributed by atoms with E-state index in [-0.39, 0.29) is 6.61 Å². The van der Waals surface area contributed by atoms with Gasteiger partial charge in [0, 0.05) is 22.4 Å². The van der Waals surface area contributed by atoms with Gasteiger partial charge in [0.1, 0.15) is 0 Å². The molecule has 14 heavy (non-hydrogen) atoms. The molecule has 1 heterocycles. The van der Waals surface area contributed by atoms with E-state index in [2.05, 4.69) is 37.2 Å². The van der Waals surface area contributed by atoms with Crippen molar-refractivity contribution in [2.75, 3.05) is 13.2 Å². The second-order valence-corrected chi connectivity index (χ2v) is 6.11. The molecule has 0 aliphatic heterocycles. The zero-order valence-corrected chi connectivity index (χ0v) is 11.3. The number of hydrogen-bond acceptors (Lipinski definition) is 4. The number of halogens is 2. The maximum absolute atomic E-state index is 9.07. The third-order valence-electron chi connectivity index (χ3n) is 1.59. The largest absolute Gasteiger partial charge is 0.394 e. The molecular weight excluding hydrogens is 334 g/mol. The van der Waals surface area contributed by atoms with E-state index in [0.717, 1.165) is 8.26 Å². The Hall–Kier alpha value is 0.540. The van der Waals surface area contributed by atoms with E-state index >= 15 is 0 Å². The van der Waals surface area contributed by atoms with Crippen molar-refractivity contribution < 1.29 is 10.2 Å². The quantitative estimate of drug-likeness (QED) is 0.762. The van der Waals surface area contributed by atoms with Crippen LogP contribution >= 0.6 is 43.2 Å². The van der Waals surface area contributed by atoms with Crippen molar-refractivity contribution in [2.45, 2.75) is 12.6 Å². The second-order valence-electron chi connectivity index (χ2n) is 2.80. The van der Waals surface area contributed by atoms with Crippen molar-refractivity contribution in [3.8, 4) is 0 Å². The summed E-state index contributed by atoms with van der Waals surface area (Å²) in [6.07, 6.45) is -0.679. The topological polar surface area (TPSA) is 52.5 Å². The summed E-state index contributed by atoms with van der Waals surface area (Å²) < 4.78 is 2.11. The van der Waals surface area contributed by atoms with Gasteiger partial charge < -0.3 is 15.5 Å². The smallest absolute Gasteiger partial charge is 0.0895 e. The highest BCUT2D eigenvalue weighted by Gasteiger charge is 2.05. The van der Waals surface area contributed by atoms with E-state index in [9.17, 15) is 0 Å². The lowest BCUT2D eigenvalue weighted by molar-refractivity contribution is 0.0943. The molecule has 6 heteroatoms. The Kier molecular flexibility index (Phi) is 5.58. The zero-order chi connectivity index (χ0) is 10.6. The van der Waals surface area contributed by atoms with Gasteiger partial charge in [-0.1, -0.05) is 0 Å². The summed E-state index contributed by atoms with van der Waals surface area (Å²) in [5, 5.41) is 20.7. The van der Waals surface area contributed by atoms with E-state index in [0.29, 0.717) is 13.1 Å². The average molecular weight is 345 g/mol. The Morgan fingerprint density at radius 2 is 2.21 bits per heavy atom. The van der Waals surface area contributed by atoms with Gasteiger partial charge in [-0.05, 0) is 37.9 Å². The van der Waals surface area contributed by atoms with Gasteiger partial charge in [-0.15, -0.1) is 11.3 Å². The summed E-state index contributed by atoms with van der Waals surface area (Å²) in [5.41, 5.74) is 0. The molecule has 3 N–H and O–H groups in total. The Morgan fingerprint density at radius 1 is 1.50 bits per heavy atom. The lowest BCUT2D eigenvalue weighted by atomic mass is 10.3. The summed E-state index contributed by atoms with van der Waals surface area (Å²) in [6.45, 7) is 0.903. The average Bonchev–Trinajstić information content (AvgIpc) is 2.46. The fourth-order valence-corrected chi connectivity index (χ4v) is 3.05. The van der Waals surface area contributed by atoms with Crippen molar-refractivity contribution >= 4 is 43.2 Å². The molecule has 0 aliphatic carbocycles. The third-order valence-corrected chi connectivity index (χ3v) is 4.84. The van der Waals surface area contributed by atoms with E-state index < -0.39 is 6.10 Å². The molecule has 1 rings (SSSR count). The van der Waals surface area contributed by atoms with Gasteiger partial charge in [-0.3, -0.25) is 0 Å². The van der Waals surface area contributed by atoms with Gasteiger partial charge in [0.25, 0.3) is 0 Å². The van der Waals surface area contributed by atoms with Gasteiger partial charge in [0.05, 0.1) is 16.5 Å². The van der Waals surface area contributed by atoms with Crippen LogP contribution in [0, 0.1) is 0 Å². The van der Waals surface area contributed by atoms with Crippen LogP contribution in [0.1, 0.15) is 4.88 Å². The summed E-state index contributed by atoms with van der Waals surface area (Å²) in [7, 11) is 0. The molecule has 1 unspecified atom stereocenters. The Labute approximate surface area is 103 Å². The molecule has 1 aromatic rings. The van der Waals surface area contributed by atoms with Crippen molar-refractivity contribution in [1.82, 2.24) is 5.32 Å². The van der Waals surface area contributed by atoms with Crippen molar-refractivity contribution in [2.24, 2.45) is 0 Å². The van der Waals surface area contributed by atoms with Crippen LogP contribution in [-0.4, -0.2) is 29.5 Å². The van der Waals surface area contributed by atoms with Crippen LogP contribution in [0.3, 0.4) is 0 Å². The fourth-order valence-electron chi connectivity index (χ4n) is 0.905. The van der Waals surface area contributed by atoms with E-state index in [4.69, 9.17) is 10.2 Å². The first kappa shape index (κ1) is 12.6. The van der Waals surface area contributed by atoms with E-state index in [1.54, 1.807) is 11.3 Å². The molecule has 0 saturated carbocycles. The Morgan fingerprint density at radius 3 is 2.71 bits per heavy atom. The van der Waals surface area contributed by atoms with Gasteiger partial charge in [-0.25, -0.2) is 0 Å². The first-order chi connectivity index (χ1) is 6.63. The highest BCUT2D eigenvalue weighted by Crippen LogP contribution is 2.32. The van der Waals surface area contributed by atoms with Gasteiger partial charge in [0.15, 0.2) is 0 Å². The van der Waals surface area contributed by atoms with Crippen molar-refractivity contribution in [3.63, 3.8) is 0 Å². The van der Waals surface area contributed by atoms with Gasteiger partial charge in [0.2, 0.25) is 0 Å². The fraction of sp³-hybridized carbons (Fsp3) is 0.500. The molecule has 0 aromatic carbocycles. The van der Waals surface area contributed by atoms with Crippen LogP contribution in [-0.2, 0) is 6.54 Å². The predicted octanol–water partition coefficient (Wildman–Crippen LogP) is 1.72. The minimum Gasteiger partial charge on any atom is -0.394 e. The lowest BCUT2D eigenvalue weighted by Gasteiger charge is -2.07. The van der Waals surface area contributed by atoms with Crippen molar-refractivity contribution in [3.05, 3.63) is 19.2 Å². The standard InChI is InChI=1S/C8H11Br2NO2S/c9-7-1-6(14-8(7)10)3-11-2-5(13)4-12/h1,5,11-13H,2-4H2. The molecule has 0 spiro atoms. The zero-order valence-electron chi connectivity index (χ0n) is 7.33. The number of nitrogens with one attached hydrogen (secondary N) is 1. The SMILES string of the molecule is OCC(O)CNCc1cc(Br)c(Br)s1. The predicted molar refractivity (Wildman–Crippen MR) is 64.5 cm³/mol. The second kappa shape index (κ2) is 6.19. The molecule has 0 saturated heterocycles. The van der Waals surface area contributed by atoms with E-state index in [1.807, 2.05) is 6.07 Å². The molecule has 80 valence electrons. The summed E-state index contributed by atoms with van der Waals surface area (Å²) in [4.78, 5) is 1.17. The Bertz CT molecular complexity index is 273. The molecule has 0 aliphatic rings.